The number of furan rings is 1. The van der Waals surface area contributed by atoms with Gasteiger partial charge in [-0.05, 0) is 30.5 Å². The van der Waals surface area contributed by atoms with E-state index < -0.39 is 45.8 Å². The number of carbonyl (C=O) groups is 3. The van der Waals surface area contributed by atoms with Gasteiger partial charge >= 0.3 is 6.03 Å². The average molecular weight is 488 g/mol. The zero-order valence-corrected chi connectivity index (χ0v) is 19.9. The monoisotopic (exact) mass is 487 g/mol. The van der Waals surface area contributed by atoms with Crippen LogP contribution in [-0.2, 0) is 31.5 Å². The predicted octanol–water partition coefficient (Wildman–Crippen LogP) is 2.43. The van der Waals surface area contributed by atoms with Gasteiger partial charge in [-0.1, -0.05) is 50.1 Å². The molecule has 0 saturated carbocycles. The van der Waals surface area contributed by atoms with Crippen LogP contribution in [0, 0.1) is 0 Å². The number of nitrogens with zero attached hydrogens (tertiary/aromatic N) is 2. The highest BCUT2D eigenvalue weighted by Crippen LogP contribution is 2.34. The molecule has 0 radical (unpaired) electrons. The summed E-state index contributed by atoms with van der Waals surface area (Å²) in [6.45, 7) is 1.60. The van der Waals surface area contributed by atoms with Crippen LogP contribution in [0.1, 0.15) is 43.9 Å². The summed E-state index contributed by atoms with van der Waals surface area (Å²) in [4.78, 5) is 42.3. The Balaban J connectivity index is 1.58. The molecule has 182 valence electrons. The van der Waals surface area contributed by atoms with Crippen LogP contribution >= 0.6 is 0 Å². The van der Waals surface area contributed by atoms with Crippen molar-refractivity contribution in [1.29, 1.82) is 0 Å². The molecule has 0 aliphatic carbocycles. The number of carbonyl (C=O) groups excluding carboxylic acids is 3. The molecule has 2 saturated heterocycles. The molecule has 2 aromatic rings. The Hall–Kier alpha value is -3.14. The summed E-state index contributed by atoms with van der Waals surface area (Å²) in [6.07, 6.45) is 3.75. The lowest BCUT2D eigenvalue weighted by atomic mass is 9.85. The van der Waals surface area contributed by atoms with Crippen molar-refractivity contribution in [2.75, 3.05) is 18.1 Å². The summed E-state index contributed by atoms with van der Waals surface area (Å²) >= 11 is 0. The number of hydrogen-bond donors (Lipinski definition) is 1. The van der Waals surface area contributed by atoms with Crippen molar-refractivity contribution in [3.05, 3.63) is 60.1 Å². The van der Waals surface area contributed by atoms with Crippen LogP contribution in [0.15, 0.2) is 53.1 Å². The molecule has 0 unspecified atom stereocenters. The standard InChI is InChI=1S/C24H29N3O6S/c1-2-3-12-24(18-8-5-4-6-9-18)22(29)27(23(30)25-24)16-21(28)26(15-20-10-7-13-33-20)19-11-14-34(31,32)17-19/h4-10,13,19H,2-3,11-12,14-17H2,1H3,(H,25,30)/t19-,24-/m0/s1. The second-order valence-electron chi connectivity index (χ2n) is 8.85. The number of sulfone groups is 1. The molecule has 1 N–H and O–H groups in total. The van der Waals surface area contributed by atoms with Crippen LogP contribution in [0.2, 0.25) is 0 Å². The first-order chi connectivity index (χ1) is 16.3. The minimum atomic E-state index is -3.25. The molecule has 0 bridgehead atoms. The molecule has 2 fully saturated rings. The van der Waals surface area contributed by atoms with Gasteiger partial charge in [-0.25, -0.2) is 13.2 Å². The van der Waals surface area contributed by atoms with E-state index in [1.54, 1.807) is 24.3 Å². The van der Waals surface area contributed by atoms with E-state index in [0.29, 0.717) is 30.6 Å². The number of hydrogen-bond acceptors (Lipinski definition) is 6. The SMILES string of the molecule is CCCC[C@@]1(c2ccccc2)NC(=O)N(CC(=O)N(Cc2ccco2)[C@H]2CCS(=O)(=O)C2)C1=O. The summed E-state index contributed by atoms with van der Waals surface area (Å²) in [5.74, 6) is -0.624. The zero-order valence-electron chi connectivity index (χ0n) is 19.1. The van der Waals surface area contributed by atoms with E-state index in [0.717, 1.165) is 11.3 Å². The molecule has 2 aliphatic heterocycles. The van der Waals surface area contributed by atoms with Crippen molar-refractivity contribution in [2.24, 2.45) is 0 Å². The first-order valence-electron chi connectivity index (χ1n) is 11.5. The number of amides is 4. The van der Waals surface area contributed by atoms with Crippen LogP contribution in [0.25, 0.3) is 0 Å². The second kappa shape index (κ2) is 9.61. The number of urea groups is 1. The summed E-state index contributed by atoms with van der Waals surface area (Å²) in [5, 5.41) is 2.84. The lowest BCUT2D eigenvalue weighted by Crippen LogP contribution is -2.48. The molecule has 2 aliphatic rings. The largest absolute Gasteiger partial charge is 0.467 e. The van der Waals surface area contributed by atoms with E-state index in [4.69, 9.17) is 4.42 Å². The van der Waals surface area contributed by atoms with Gasteiger partial charge in [0.1, 0.15) is 17.8 Å². The molecule has 3 heterocycles. The van der Waals surface area contributed by atoms with Gasteiger partial charge in [0, 0.05) is 6.04 Å². The maximum absolute atomic E-state index is 13.6. The summed E-state index contributed by atoms with van der Waals surface area (Å²) in [7, 11) is -3.25. The van der Waals surface area contributed by atoms with Gasteiger partial charge in [-0.15, -0.1) is 0 Å². The third-order valence-corrected chi connectivity index (χ3v) is 8.27. The van der Waals surface area contributed by atoms with Crippen LogP contribution < -0.4 is 5.32 Å². The maximum atomic E-state index is 13.6. The highest BCUT2D eigenvalue weighted by atomic mass is 32.2. The van der Waals surface area contributed by atoms with Crippen LogP contribution in [0.3, 0.4) is 0 Å². The maximum Gasteiger partial charge on any atom is 0.325 e. The van der Waals surface area contributed by atoms with Gasteiger partial charge in [0.25, 0.3) is 5.91 Å². The van der Waals surface area contributed by atoms with Crippen molar-refractivity contribution in [2.45, 2.75) is 50.7 Å². The minimum absolute atomic E-state index is 0.00311. The Bertz CT molecular complexity index is 1150. The third-order valence-electron chi connectivity index (χ3n) is 6.52. The van der Waals surface area contributed by atoms with Crippen molar-refractivity contribution >= 4 is 27.7 Å². The molecule has 1 aromatic heterocycles. The fourth-order valence-corrected chi connectivity index (χ4v) is 6.41. The lowest BCUT2D eigenvalue weighted by Gasteiger charge is -2.30. The zero-order chi connectivity index (χ0) is 24.3. The van der Waals surface area contributed by atoms with Gasteiger partial charge in [-0.2, -0.15) is 0 Å². The molecule has 10 heteroatoms. The molecule has 2 atom stereocenters. The third kappa shape index (κ3) is 4.72. The van der Waals surface area contributed by atoms with E-state index in [1.807, 2.05) is 25.1 Å². The fourth-order valence-electron chi connectivity index (χ4n) is 4.68. The molecule has 1 aromatic carbocycles. The predicted molar refractivity (Wildman–Crippen MR) is 124 cm³/mol. The van der Waals surface area contributed by atoms with Crippen molar-refractivity contribution < 1.29 is 27.2 Å². The number of benzene rings is 1. The highest BCUT2D eigenvalue weighted by Gasteiger charge is 2.52. The first-order valence-corrected chi connectivity index (χ1v) is 13.3. The fraction of sp³-hybridized carbons (Fsp3) is 0.458. The van der Waals surface area contributed by atoms with E-state index in [9.17, 15) is 22.8 Å². The quantitative estimate of drug-likeness (QED) is 0.543. The Labute approximate surface area is 199 Å². The van der Waals surface area contributed by atoms with Crippen LogP contribution in [0.4, 0.5) is 4.79 Å². The molecule has 4 amide bonds. The molecular weight excluding hydrogens is 458 g/mol. The molecule has 0 spiro atoms. The van der Waals surface area contributed by atoms with E-state index in [2.05, 4.69) is 5.32 Å². The summed E-state index contributed by atoms with van der Waals surface area (Å²) in [5.41, 5.74) is -0.553. The Morgan fingerprint density at radius 3 is 2.59 bits per heavy atom. The van der Waals surface area contributed by atoms with Gasteiger partial charge < -0.3 is 14.6 Å². The number of nitrogens with one attached hydrogen (secondary N) is 1. The van der Waals surface area contributed by atoms with Crippen molar-refractivity contribution in [3.8, 4) is 0 Å². The van der Waals surface area contributed by atoms with Crippen LogP contribution in [0.5, 0.6) is 0 Å². The highest BCUT2D eigenvalue weighted by molar-refractivity contribution is 7.91. The first kappa shape index (κ1) is 24.0. The lowest BCUT2D eigenvalue weighted by molar-refractivity contribution is -0.141. The smallest absolute Gasteiger partial charge is 0.325 e. The molecule has 4 rings (SSSR count). The molecular formula is C24H29N3O6S. The van der Waals surface area contributed by atoms with Crippen LogP contribution in [-0.4, -0.2) is 60.2 Å². The van der Waals surface area contributed by atoms with E-state index in [-0.39, 0.29) is 18.1 Å². The normalized spacial score (nSPS) is 23.8. The van der Waals surface area contributed by atoms with Gasteiger partial charge in [-0.3, -0.25) is 14.5 Å². The Morgan fingerprint density at radius 2 is 1.97 bits per heavy atom. The average Bonchev–Trinajstić information content (AvgIpc) is 3.52. The molecule has 34 heavy (non-hydrogen) atoms. The minimum Gasteiger partial charge on any atom is -0.467 e. The van der Waals surface area contributed by atoms with Gasteiger partial charge in [0.2, 0.25) is 5.91 Å². The van der Waals surface area contributed by atoms with Gasteiger partial charge in [0.05, 0.1) is 24.3 Å². The topological polar surface area (TPSA) is 117 Å². The van der Waals surface area contributed by atoms with Crippen molar-refractivity contribution in [1.82, 2.24) is 15.1 Å². The van der Waals surface area contributed by atoms with E-state index in [1.165, 1.54) is 11.2 Å². The summed E-state index contributed by atoms with van der Waals surface area (Å²) in [6, 6.07) is 11.3. The Kier molecular flexibility index (Phi) is 6.79. The van der Waals surface area contributed by atoms with E-state index >= 15 is 0 Å². The number of imide groups is 1. The van der Waals surface area contributed by atoms with Gasteiger partial charge in [0.15, 0.2) is 9.84 Å². The van der Waals surface area contributed by atoms with Crippen molar-refractivity contribution in [3.63, 3.8) is 0 Å². The Morgan fingerprint density at radius 1 is 1.21 bits per heavy atom. The summed E-state index contributed by atoms with van der Waals surface area (Å²) < 4.78 is 29.5. The number of unbranched alkanes of at least 4 members (excludes halogenated alkanes) is 1. The number of rotatable bonds is 9. The molecule has 9 nitrogen and oxygen atoms in total. The second-order valence-corrected chi connectivity index (χ2v) is 11.1.